The smallest absolute Gasteiger partial charge is 0.306 e. The summed E-state index contributed by atoms with van der Waals surface area (Å²) in [4.78, 5) is 32.3. The molecule has 3 rings (SSSR count). The zero-order valence-electron chi connectivity index (χ0n) is 15.9. The van der Waals surface area contributed by atoms with E-state index < -0.39 is 11.9 Å². The van der Waals surface area contributed by atoms with E-state index in [0.717, 1.165) is 17.0 Å². The molecule has 1 atom stereocenters. The van der Waals surface area contributed by atoms with E-state index in [2.05, 4.69) is 20.4 Å². The molecular formula is C18H22N6O4. The number of fused-ring (bicyclic) bond motifs is 1. The summed E-state index contributed by atoms with van der Waals surface area (Å²) in [5.41, 5.74) is 8.04. The molecule has 10 nitrogen and oxygen atoms in total. The van der Waals surface area contributed by atoms with Crippen molar-refractivity contribution in [3.63, 3.8) is 0 Å². The third-order valence-electron chi connectivity index (χ3n) is 4.36. The second kappa shape index (κ2) is 8.07. The molecule has 0 aliphatic rings. The molecule has 1 amide bonds. The molecule has 3 N–H and O–H groups in total. The fraction of sp³-hybridized carbons (Fsp3) is 0.389. The van der Waals surface area contributed by atoms with Crippen LogP contribution in [0.15, 0.2) is 22.8 Å². The Hall–Kier alpha value is -3.43. The van der Waals surface area contributed by atoms with Gasteiger partial charge in [-0.25, -0.2) is 4.98 Å². The maximum Gasteiger partial charge on any atom is 0.306 e. The van der Waals surface area contributed by atoms with Crippen LogP contribution in [0.5, 0.6) is 0 Å². The fourth-order valence-corrected chi connectivity index (χ4v) is 2.92. The molecule has 10 heteroatoms. The third-order valence-corrected chi connectivity index (χ3v) is 4.36. The summed E-state index contributed by atoms with van der Waals surface area (Å²) in [6, 6.07) is 3.19. The number of nitrogens with zero attached hydrogens (tertiary/aromatic N) is 4. The molecule has 0 saturated carbocycles. The second-order valence-electron chi connectivity index (χ2n) is 6.41. The zero-order valence-corrected chi connectivity index (χ0v) is 15.9. The lowest BCUT2D eigenvalue weighted by Crippen LogP contribution is -2.31. The lowest BCUT2D eigenvalue weighted by atomic mass is 10.1. The first kappa shape index (κ1) is 19.3. The molecular weight excluding hydrogens is 364 g/mol. The normalized spacial score (nSPS) is 12.1. The Morgan fingerprint density at radius 1 is 1.36 bits per heavy atom. The van der Waals surface area contributed by atoms with Gasteiger partial charge >= 0.3 is 5.97 Å². The second-order valence-corrected chi connectivity index (χ2v) is 6.41. The molecule has 28 heavy (non-hydrogen) atoms. The minimum atomic E-state index is -0.474. The van der Waals surface area contributed by atoms with Crippen LogP contribution in [0.25, 0.3) is 5.78 Å². The van der Waals surface area contributed by atoms with Gasteiger partial charge in [0.25, 0.3) is 11.7 Å². The molecule has 148 valence electrons. The monoisotopic (exact) mass is 386 g/mol. The average molecular weight is 386 g/mol. The lowest BCUT2D eigenvalue weighted by molar-refractivity contribution is -0.148. The molecule has 0 radical (unpaired) electrons. The minimum Gasteiger partial charge on any atom is -0.467 e. The SMILES string of the molecule is Cc1nc2nc(N)nn2c(C)c1CCC(=O)OCC(=O)N[C@H](C)c1ccco1. The number of aromatic nitrogens is 4. The van der Waals surface area contributed by atoms with Gasteiger partial charge < -0.3 is 20.2 Å². The van der Waals surface area contributed by atoms with Crippen LogP contribution in [-0.4, -0.2) is 38.1 Å². The van der Waals surface area contributed by atoms with Crippen LogP contribution in [0.2, 0.25) is 0 Å². The number of anilines is 1. The van der Waals surface area contributed by atoms with E-state index in [0.29, 0.717) is 18.0 Å². The summed E-state index contributed by atoms with van der Waals surface area (Å²) < 4.78 is 11.8. The van der Waals surface area contributed by atoms with E-state index in [1.165, 1.54) is 6.26 Å². The van der Waals surface area contributed by atoms with Crippen LogP contribution in [0, 0.1) is 13.8 Å². The van der Waals surface area contributed by atoms with Crippen molar-refractivity contribution in [2.45, 2.75) is 39.7 Å². The van der Waals surface area contributed by atoms with Crippen molar-refractivity contribution in [2.24, 2.45) is 0 Å². The molecule has 0 bridgehead atoms. The van der Waals surface area contributed by atoms with E-state index in [1.54, 1.807) is 23.6 Å². The van der Waals surface area contributed by atoms with Gasteiger partial charge in [-0.1, -0.05) is 0 Å². The lowest BCUT2D eigenvalue weighted by Gasteiger charge is -2.12. The molecule has 0 aliphatic heterocycles. The summed E-state index contributed by atoms with van der Waals surface area (Å²) in [7, 11) is 0. The average Bonchev–Trinajstić information content (AvgIpc) is 3.29. The fourth-order valence-electron chi connectivity index (χ4n) is 2.92. The van der Waals surface area contributed by atoms with Crippen LogP contribution >= 0.6 is 0 Å². The molecule has 0 aliphatic carbocycles. The van der Waals surface area contributed by atoms with Crippen molar-refractivity contribution < 1.29 is 18.7 Å². The highest BCUT2D eigenvalue weighted by atomic mass is 16.5. The Morgan fingerprint density at radius 3 is 2.86 bits per heavy atom. The standard InChI is InChI=1S/C18H22N6O4/c1-10-13(12(3)24-18(21-10)22-17(19)23-24)6-7-16(26)28-9-15(25)20-11(2)14-5-4-8-27-14/h4-5,8,11H,6-7,9H2,1-3H3,(H2,19,23)(H,20,25)/t11-/m1/s1. The predicted molar refractivity (Wildman–Crippen MR) is 99.2 cm³/mol. The van der Waals surface area contributed by atoms with E-state index in [1.807, 2.05) is 13.8 Å². The first-order valence-corrected chi connectivity index (χ1v) is 8.82. The Morgan fingerprint density at radius 2 is 2.14 bits per heavy atom. The van der Waals surface area contributed by atoms with Crippen LogP contribution < -0.4 is 11.1 Å². The highest BCUT2D eigenvalue weighted by Gasteiger charge is 2.16. The van der Waals surface area contributed by atoms with E-state index >= 15 is 0 Å². The van der Waals surface area contributed by atoms with Gasteiger partial charge in [0.1, 0.15) is 5.76 Å². The zero-order chi connectivity index (χ0) is 20.3. The van der Waals surface area contributed by atoms with E-state index in [9.17, 15) is 9.59 Å². The summed E-state index contributed by atoms with van der Waals surface area (Å²) in [5.74, 6) is 0.313. The number of nitrogens with two attached hydrogens (primary N) is 1. The molecule has 0 aromatic carbocycles. The van der Waals surface area contributed by atoms with Crippen LogP contribution in [0.3, 0.4) is 0 Å². The van der Waals surface area contributed by atoms with Crippen LogP contribution in [0.1, 0.15) is 42.1 Å². The van der Waals surface area contributed by atoms with Crippen molar-refractivity contribution in [2.75, 3.05) is 12.3 Å². The number of aryl methyl sites for hydroxylation is 2. The van der Waals surface area contributed by atoms with Gasteiger partial charge in [0.15, 0.2) is 6.61 Å². The Balaban J connectivity index is 1.52. The quantitative estimate of drug-likeness (QED) is 0.579. The largest absolute Gasteiger partial charge is 0.467 e. The molecule has 3 aromatic heterocycles. The van der Waals surface area contributed by atoms with E-state index in [-0.39, 0.29) is 25.0 Å². The number of hydrogen-bond acceptors (Lipinski definition) is 8. The number of ether oxygens (including phenoxy) is 1. The Bertz CT molecular complexity index is 995. The van der Waals surface area contributed by atoms with E-state index in [4.69, 9.17) is 14.9 Å². The van der Waals surface area contributed by atoms with Crippen molar-refractivity contribution in [3.05, 3.63) is 41.1 Å². The minimum absolute atomic E-state index is 0.111. The van der Waals surface area contributed by atoms with Crippen molar-refractivity contribution in [3.8, 4) is 0 Å². The van der Waals surface area contributed by atoms with Gasteiger partial charge in [-0.2, -0.15) is 9.50 Å². The van der Waals surface area contributed by atoms with Crippen molar-refractivity contribution in [1.82, 2.24) is 24.9 Å². The molecule has 0 unspecified atom stereocenters. The summed E-state index contributed by atoms with van der Waals surface area (Å²) in [6.45, 7) is 5.13. The third kappa shape index (κ3) is 4.27. The molecule has 0 fully saturated rings. The number of amides is 1. The molecule has 0 saturated heterocycles. The maximum atomic E-state index is 12.0. The van der Waals surface area contributed by atoms with Gasteiger partial charge in [0, 0.05) is 17.8 Å². The number of esters is 1. The Labute approximate surface area is 161 Å². The number of nitrogens with one attached hydrogen (secondary N) is 1. The summed E-state index contributed by atoms with van der Waals surface area (Å²) in [6.07, 6.45) is 2.05. The highest BCUT2D eigenvalue weighted by molar-refractivity contribution is 5.80. The summed E-state index contributed by atoms with van der Waals surface area (Å²) in [5, 5.41) is 6.80. The van der Waals surface area contributed by atoms with Crippen molar-refractivity contribution >= 4 is 23.6 Å². The number of hydrogen-bond donors (Lipinski definition) is 2. The molecule has 3 aromatic rings. The van der Waals surface area contributed by atoms with Crippen molar-refractivity contribution in [1.29, 1.82) is 0 Å². The number of furan rings is 1. The molecule has 0 spiro atoms. The number of carbonyl (C=O) groups is 2. The van der Waals surface area contributed by atoms with Crippen LogP contribution in [0.4, 0.5) is 5.95 Å². The van der Waals surface area contributed by atoms with Gasteiger partial charge in [-0.15, -0.1) is 5.10 Å². The van der Waals surface area contributed by atoms with Gasteiger partial charge in [0.05, 0.1) is 12.3 Å². The van der Waals surface area contributed by atoms with Gasteiger partial charge in [-0.3, -0.25) is 9.59 Å². The van der Waals surface area contributed by atoms with Gasteiger partial charge in [-0.05, 0) is 44.9 Å². The topological polar surface area (TPSA) is 138 Å². The number of nitrogen functional groups attached to an aromatic ring is 1. The predicted octanol–water partition coefficient (Wildman–Crippen LogP) is 1.27. The Kier molecular flexibility index (Phi) is 5.57. The van der Waals surface area contributed by atoms with Gasteiger partial charge in [0.2, 0.25) is 5.95 Å². The number of carbonyl (C=O) groups excluding carboxylic acids is 2. The maximum absolute atomic E-state index is 12.0. The number of rotatable bonds is 7. The first-order valence-electron chi connectivity index (χ1n) is 8.82. The highest BCUT2D eigenvalue weighted by Crippen LogP contribution is 2.16. The molecule has 3 heterocycles. The summed E-state index contributed by atoms with van der Waals surface area (Å²) >= 11 is 0. The van der Waals surface area contributed by atoms with Crippen LogP contribution in [-0.2, 0) is 20.7 Å². The first-order chi connectivity index (χ1) is 13.3.